The molecule has 0 amide bonds. The monoisotopic (exact) mass is 586 g/mol. The predicted molar refractivity (Wildman–Crippen MR) is 163 cm³/mol. The van der Waals surface area contributed by atoms with Crippen molar-refractivity contribution < 1.29 is 38.0 Å². The van der Waals surface area contributed by atoms with Crippen molar-refractivity contribution in [1.29, 1.82) is 0 Å². The van der Waals surface area contributed by atoms with Gasteiger partial charge in [0.25, 0.3) is 0 Å². The molecule has 0 radical (unpaired) electrons. The van der Waals surface area contributed by atoms with Gasteiger partial charge in [0.05, 0.1) is 39.9 Å². The highest BCUT2D eigenvalue weighted by Gasteiger charge is 2.38. The van der Waals surface area contributed by atoms with Gasteiger partial charge in [-0.2, -0.15) is 0 Å². The molecule has 3 aromatic rings. The zero-order chi connectivity index (χ0) is 30.3. The highest BCUT2D eigenvalue weighted by atomic mass is 16.5. The molecular formula is C35H38O8. The minimum absolute atomic E-state index is 0.130. The van der Waals surface area contributed by atoms with Crippen molar-refractivity contribution in [2.45, 2.75) is 57.8 Å². The standard InChI is InChI=1S/C35H38O8/c1-5-6-7-8-9-10-17-41-24-13-11-23(12-14-24)26-21-31(36)42-27-16-15-25-33(37)28(43-34(25)32(26)27)18-22-19-29(38-2)35(40-4)30(20-22)39-3/h11-16,18-20,26H,5-10,17,21H2,1-4H3. The minimum atomic E-state index is -0.341. The summed E-state index contributed by atoms with van der Waals surface area (Å²) >= 11 is 0. The summed E-state index contributed by atoms with van der Waals surface area (Å²) in [6, 6.07) is 14.6. The van der Waals surface area contributed by atoms with Crippen molar-refractivity contribution in [1.82, 2.24) is 0 Å². The second kappa shape index (κ2) is 13.7. The van der Waals surface area contributed by atoms with E-state index in [1.165, 1.54) is 53.4 Å². The van der Waals surface area contributed by atoms with Crippen molar-refractivity contribution in [3.8, 4) is 34.5 Å². The number of Topliss-reactive ketones (excluding diaryl/α,β-unsaturated/α-hetero) is 1. The van der Waals surface area contributed by atoms with Gasteiger partial charge in [-0.15, -0.1) is 0 Å². The van der Waals surface area contributed by atoms with Gasteiger partial charge < -0.3 is 28.4 Å². The van der Waals surface area contributed by atoms with Crippen LogP contribution in [0.25, 0.3) is 6.08 Å². The third-order valence-electron chi connectivity index (χ3n) is 7.81. The number of rotatable bonds is 13. The van der Waals surface area contributed by atoms with Gasteiger partial charge in [-0.05, 0) is 60.0 Å². The number of benzene rings is 3. The number of carbonyl (C=O) groups is 2. The lowest BCUT2D eigenvalue weighted by atomic mass is 9.84. The molecule has 0 saturated carbocycles. The van der Waals surface area contributed by atoms with Crippen molar-refractivity contribution >= 4 is 17.8 Å². The molecule has 8 heteroatoms. The Morgan fingerprint density at radius 3 is 2.21 bits per heavy atom. The lowest BCUT2D eigenvalue weighted by Gasteiger charge is -2.26. The number of allylic oxidation sites excluding steroid dienone is 1. The first-order valence-corrected chi connectivity index (χ1v) is 14.8. The molecule has 2 aliphatic rings. The van der Waals surface area contributed by atoms with Gasteiger partial charge >= 0.3 is 5.97 Å². The molecule has 8 nitrogen and oxygen atoms in total. The molecule has 43 heavy (non-hydrogen) atoms. The molecule has 0 aromatic heterocycles. The van der Waals surface area contributed by atoms with Crippen LogP contribution in [-0.2, 0) is 4.79 Å². The molecule has 2 heterocycles. The summed E-state index contributed by atoms with van der Waals surface area (Å²) in [5, 5.41) is 0. The van der Waals surface area contributed by atoms with Gasteiger partial charge in [0.15, 0.2) is 17.3 Å². The van der Waals surface area contributed by atoms with E-state index in [0.717, 1.165) is 17.7 Å². The van der Waals surface area contributed by atoms with Crippen molar-refractivity contribution in [3.63, 3.8) is 0 Å². The maximum Gasteiger partial charge on any atom is 0.312 e. The van der Waals surface area contributed by atoms with Gasteiger partial charge in [-0.3, -0.25) is 9.59 Å². The maximum absolute atomic E-state index is 13.5. The van der Waals surface area contributed by atoms with Crippen LogP contribution in [0.15, 0.2) is 54.3 Å². The number of ether oxygens (including phenoxy) is 6. The molecule has 3 aromatic carbocycles. The summed E-state index contributed by atoms with van der Waals surface area (Å²) in [4.78, 5) is 26.1. The van der Waals surface area contributed by atoms with Crippen molar-refractivity contribution in [3.05, 3.63) is 76.5 Å². The normalized spacial score (nSPS) is 16.3. The third kappa shape index (κ3) is 6.48. The van der Waals surface area contributed by atoms with Crippen LogP contribution in [0.2, 0.25) is 0 Å². The zero-order valence-corrected chi connectivity index (χ0v) is 25.2. The minimum Gasteiger partial charge on any atom is -0.494 e. The number of esters is 1. The van der Waals surface area contributed by atoms with Gasteiger partial charge in [0, 0.05) is 11.5 Å². The SMILES string of the molecule is CCCCCCCCOc1ccc(C2CC(=O)Oc3ccc4c(c32)OC(=Cc2cc(OC)c(OC)c(OC)c2)C4=O)cc1. The average molecular weight is 587 g/mol. The average Bonchev–Trinajstić information content (AvgIpc) is 3.34. The van der Waals surface area contributed by atoms with Crippen LogP contribution in [0.4, 0.5) is 0 Å². The topological polar surface area (TPSA) is 89.5 Å². The van der Waals surface area contributed by atoms with E-state index in [9.17, 15) is 9.59 Å². The predicted octanol–water partition coefficient (Wildman–Crippen LogP) is 7.51. The van der Waals surface area contributed by atoms with Crippen LogP contribution in [0.3, 0.4) is 0 Å². The Labute approximate surface area is 252 Å². The van der Waals surface area contributed by atoms with E-state index in [4.69, 9.17) is 28.4 Å². The highest BCUT2D eigenvalue weighted by molar-refractivity contribution is 6.15. The third-order valence-corrected chi connectivity index (χ3v) is 7.81. The van der Waals surface area contributed by atoms with Crippen LogP contribution in [0, 0.1) is 0 Å². The highest BCUT2D eigenvalue weighted by Crippen LogP contribution is 2.49. The number of unbranched alkanes of at least 4 members (excludes halogenated alkanes) is 5. The van der Waals surface area contributed by atoms with Crippen molar-refractivity contribution in [2.24, 2.45) is 0 Å². The molecule has 5 rings (SSSR count). The quantitative estimate of drug-likeness (QED) is 0.0880. The number of carbonyl (C=O) groups excluding carboxylic acids is 2. The molecule has 0 saturated heterocycles. The van der Waals surface area contributed by atoms with Crippen LogP contribution in [-0.4, -0.2) is 39.7 Å². The Morgan fingerprint density at radius 1 is 0.837 bits per heavy atom. The summed E-state index contributed by atoms with van der Waals surface area (Å²) in [6.45, 7) is 2.89. The largest absolute Gasteiger partial charge is 0.494 e. The first-order chi connectivity index (χ1) is 21.0. The van der Waals surface area contributed by atoms with Gasteiger partial charge in [-0.1, -0.05) is 51.2 Å². The Bertz CT molecular complexity index is 1480. The number of methoxy groups -OCH3 is 3. The van der Waals surface area contributed by atoms with Crippen molar-refractivity contribution in [2.75, 3.05) is 27.9 Å². The Kier molecular flexibility index (Phi) is 9.55. The lowest BCUT2D eigenvalue weighted by Crippen LogP contribution is -2.21. The fraction of sp³-hybridized carbons (Fsp3) is 0.371. The summed E-state index contributed by atoms with van der Waals surface area (Å²) < 4.78 is 34.1. The molecule has 1 atom stereocenters. The Balaban J connectivity index is 1.38. The van der Waals surface area contributed by atoms with Gasteiger partial charge in [0.2, 0.25) is 11.5 Å². The smallest absolute Gasteiger partial charge is 0.312 e. The Hall–Kier alpha value is -4.46. The van der Waals surface area contributed by atoms with E-state index >= 15 is 0 Å². The zero-order valence-electron chi connectivity index (χ0n) is 25.2. The van der Waals surface area contributed by atoms with E-state index in [0.29, 0.717) is 52.0 Å². The summed E-state index contributed by atoms with van der Waals surface area (Å²) in [5.41, 5.74) is 2.65. The fourth-order valence-corrected chi connectivity index (χ4v) is 5.60. The number of hydrogen-bond donors (Lipinski definition) is 0. The summed E-state index contributed by atoms with van der Waals surface area (Å²) in [5.74, 6) is 2.16. The maximum atomic E-state index is 13.5. The van der Waals surface area contributed by atoms with E-state index in [2.05, 4.69) is 6.92 Å². The van der Waals surface area contributed by atoms with E-state index in [1.54, 1.807) is 30.3 Å². The summed E-state index contributed by atoms with van der Waals surface area (Å²) in [7, 11) is 4.59. The second-order valence-corrected chi connectivity index (χ2v) is 10.7. The molecule has 0 bridgehead atoms. The molecule has 226 valence electrons. The van der Waals surface area contributed by atoms with Gasteiger partial charge in [-0.25, -0.2) is 0 Å². The lowest BCUT2D eigenvalue weighted by molar-refractivity contribution is -0.135. The molecular weight excluding hydrogens is 548 g/mol. The molecule has 0 spiro atoms. The number of hydrogen-bond acceptors (Lipinski definition) is 8. The molecule has 0 fully saturated rings. The van der Waals surface area contributed by atoms with E-state index in [1.807, 2.05) is 24.3 Å². The van der Waals surface area contributed by atoms with E-state index in [-0.39, 0.29) is 29.9 Å². The molecule has 1 unspecified atom stereocenters. The summed E-state index contributed by atoms with van der Waals surface area (Å²) in [6.07, 6.45) is 9.00. The number of ketones is 1. The molecule has 0 N–H and O–H groups in total. The Morgan fingerprint density at radius 2 is 1.53 bits per heavy atom. The molecule has 0 aliphatic carbocycles. The van der Waals surface area contributed by atoms with Crippen LogP contribution in [0.1, 0.15) is 84.8 Å². The second-order valence-electron chi connectivity index (χ2n) is 10.7. The van der Waals surface area contributed by atoms with Crippen LogP contribution >= 0.6 is 0 Å². The molecule has 2 aliphatic heterocycles. The first kappa shape index (κ1) is 30.0. The van der Waals surface area contributed by atoms with Crippen LogP contribution < -0.4 is 28.4 Å². The van der Waals surface area contributed by atoms with Crippen LogP contribution in [0.5, 0.6) is 34.5 Å². The van der Waals surface area contributed by atoms with Gasteiger partial charge in [0.1, 0.15) is 17.2 Å². The first-order valence-electron chi connectivity index (χ1n) is 14.8. The van der Waals surface area contributed by atoms with E-state index < -0.39 is 0 Å². The number of fused-ring (bicyclic) bond motifs is 3. The fourth-order valence-electron chi connectivity index (χ4n) is 5.60.